The van der Waals surface area contributed by atoms with Gasteiger partial charge < -0.3 is 16.0 Å². The molecule has 114 valence electrons. The Bertz CT molecular complexity index is 265. The number of hydrogen-bond donors (Lipinski definition) is 2. The lowest BCUT2D eigenvalue weighted by atomic mass is 9.99. The van der Waals surface area contributed by atoms with E-state index in [2.05, 4.69) is 42.9 Å². The molecule has 1 rings (SSSR count). The molecule has 0 atom stereocenters. The zero-order valence-corrected chi connectivity index (χ0v) is 15.2. The van der Waals surface area contributed by atoms with E-state index in [0.717, 1.165) is 25.4 Å². The highest BCUT2D eigenvalue weighted by atomic mass is 127. The lowest BCUT2D eigenvalue weighted by Gasteiger charge is -2.29. The number of nitrogens with zero attached hydrogens (tertiary/aromatic N) is 2. The van der Waals surface area contributed by atoms with Crippen LogP contribution in [0.15, 0.2) is 4.99 Å². The van der Waals surface area contributed by atoms with Crippen molar-refractivity contribution in [3.05, 3.63) is 0 Å². The molecule has 1 fully saturated rings. The Morgan fingerprint density at radius 3 is 2.42 bits per heavy atom. The largest absolute Gasteiger partial charge is 0.370 e. The van der Waals surface area contributed by atoms with Gasteiger partial charge in [-0.15, -0.1) is 24.0 Å². The fourth-order valence-corrected chi connectivity index (χ4v) is 2.20. The maximum atomic E-state index is 5.82. The Morgan fingerprint density at radius 1 is 1.32 bits per heavy atom. The summed E-state index contributed by atoms with van der Waals surface area (Å²) in [6.07, 6.45) is 3.79. The predicted molar refractivity (Wildman–Crippen MR) is 94.2 cm³/mol. The lowest BCUT2D eigenvalue weighted by molar-refractivity contribution is 0.192. The molecule has 19 heavy (non-hydrogen) atoms. The van der Waals surface area contributed by atoms with Gasteiger partial charge in [0.2, 0.25) is 0 Å². The standard InChI is InChI=1S/C14H30N4.HI/c1-12-6-10-18(11-7-12)9-5-8-16-13(15)17-14(2,3)4;/h12H,5-11H2,1-4H3,(H3,15,16,17);1H. The first kappa shape index (κ1) is 19.0. The molecular weight excluding hydrogens is 351 g/mol. The number of likely N-dealkylation sites (tertiary alicyclic amines) is 1. The second-order valence-corrected chi connectivity index (χ2v) is 6.52. The van der Waals surface area contributed by atoms with Gasteiger partial charge in [0, 0.05) is 12.1 Å². The third kappa shape index (κ3) is 9.49. The van der Waals surface area contributed by atoms with Crippen molar-refractivity contribution in [1.82, 2.24) is 10.2 Å². The molecule has 1 saturated heterocycles. The topological polar surface area (TPSA) is 53.6 Å². The third-order valence-corrected chi connectivity index (χ3v) is 3.29. The zero-order valence-electron chi connectivity index (χ0n) is 12.9. The van der Waals surface area contributed by atoms with Crippen LogP contribution in [0.1, 0.15) is 47.0 Å². The molecule has 4 nitrogen and oxygen atoms in total. The van der Waals surface area contributed by atoms with Crippen LogP contribution in [-0.4, -0.2) is 42.6 Å². The van der Waals surface area contributed by atoms with Crippen molar-refractivity contribution in [1.29, 1.82) is 0 Å². The molecule has 3 N–H and O–H groups in total. The number of aliphatic imine (C=N–C) groups is 1. The summed E-state index contributed by atoms with van der Waals surface area (Å²) in [6, 6.07) is 0. The zero-order chi connectivity index (χ0) is 13.6. The Balaban J connectivity index is 0.00000324. The molecule has 1 heterocycles. The highest BCUT2D eigenvalue weighted by Crippen LogP contribution is 2.15. The van der Waals surface area contributed by atoms with E-state index in [1.54, 1.807) is 0 Å². The smallest absolute Gasteiger partial charge is 0.188 e. The van der Waals surface area contributed by atoms with E-state index in [1.165, 1.54) is 25.9 Å². The van der Waals surface area contributed by atoms with Crippen molar-refractivity contribution in [3.63, 3.8) is 0 Å². The van der Waals surface area contributed by atoms with Crippen LogP contribution in [0.4, 0.5) is 0 Å². The molecule has 0 aromatic carbocycles. The number of guanidine groups is 1. The number of halogens is 1. The lowest BCUT2D eigenvalue weighted by Crippen LogP contribution is -2.45. The van der Waals surface area contributed by atoms with Gasteiger partial charge in [-0.3, -0.25) is 4.99 Å². The second kappa shape index (κ2) is 9.00. The summed E-state index contributed by atoms with van der Waals surface area (Å²) < 4.78 is 0. The molecule has 0 amide bonds. The molecule has 0 aromatic rings. The van der Waals surface area contributed by atoms with Crippen molar-refractivity contribution in [2.24, 2.45) is 16.6 Å². The first-order valence-electron chi connectivity index (χ1n) is 7.17. The molecule has 1 aliphatic heterocycles. The minimum absolute atomic E-state index is 0. The number of hydrogen-bond acceptors (Lipinski definition) is 2. The number of nitrogens with one attached hydrogen (secondary N) is 1. The predicted octanol–water partition coefficient (Wildman–Crippen LogP) is 2.43. The van der Waals surface area contributed by atoms with Crippen LogP contribution in [0.2, 0.25) is 0 Å². The van der Waals surface area contributed by atoms with Gasteiger partial charge in [0.15, 0.2) is 5.96 Å². The molecule has 0 bridgehead atoms. The average molecular weight is 382 g/mol. The van der Waals surface area contributed by atoms with Gasteiger partial charge in [-0.05, 0) is 65.6 Å². The Hall–Kier alpha value is -0.0400. The SMILES string of the molecule is CC1CCN(CCCN=C(N)NC(C)(C)C)CC1.I. The third-order valence-electron chi connectivity index (χ3n) is 3.29. The van der Waals surface area contributed by atoms with Crippen molar-refractivity contribution in [3.8, 4) is 0 Å². The van der Waals surface area contributed by atoms with Crippen LogP contribution >= 0.6 is 24.0 Å². The first-order valence-corrected chi connectivity index (χ1v) is 7.17. The Kier molecular flexibility index (Phi) is 8.98. The summed E-state index contributed by atoms with van der Waals surface area (Å²) in [4.78, 5) is 6.91. The van der Waals surface area contributed by atoms with Gasteiger partial charge >= 0.3 is 0 Å². The van der Waals surface area contributed by atoms with Crippen LogP contribution in [0.3, 0.4) is 0 Å². The van der Waals surface area contributed by atoms with Crippen LogP contribution in [0, 0.1) is 5.92 Å². The normalized spacial score (nSPS) is 19.1. The minimum atomic E-state index is -0.00338. The first-order chi connectivity index (χ1) is 8.37. The van der Waals surface area contributed by atoms with Gasteiger partial charge in [0.05, 0.1) is 0 Å². The van der Waals surface area contributed by atoms with Crippen molar-refractivity contribution < 1.29 is 0 Å². The van der Waals surface area contributed by atoms with Crippen molar-refractivity contribution in [2.45, 2.75) is 52.5 Å². The molecule has 0 saturated carbocycles. The average Bonchev–Trinajstić information content (AvgIpc) is 2.24. The fraction of sp³-hybridized carbons (Fsp3) is 0.929. The fourth-order valence-electron chi connectivity index (χ4n) is 2.20. The van der Waals surface area contributed by atoms with E-state index >= 15 is 0 Å². The Morgan fingerprint density at radius 2 is 1.89 bits per heavy atom. The van der Waals surface area contributed by atoms with E-state index < -0.39 is 0 Å². The number of rotatable bonds is 4. The van der Waals surface area contributed by atoms with Gasteiger partial charge in [0.25, 0.3) is 0 Å². The minimum Gasteiger partial charge on any atom is -0.370 e. The summed E-state index contributed by atoms with van der Waals surface area (Å²) in [6.45, 7) is 13.1. The summed E-state index contributed by atoms with van der Waals surface area (Å²) in [5.41, 5.74) is 5.82. The Labute approximate surface area is 135 Å². The van der Waals surface area contributed by atoms with Gasteiger partial charge in [-0.25, -0.2) is 0 Å². The van der Waals surface area contributed by atoms with Crippen LogP contribution in [0.25, 0.3) is 0 Å². The van der Waals surface area contributed by atoms with E-state index in [0.29, 0.717) is 5.96 Å². The summed E-state index contributed by atoms with van der Waals surface area (Å²) in [5, 5.41) is 3.18. The molecule has 0 aromatic heterocycles. The van der Waals surface area contributed by atoms with Crippen molar-refractivity contribution >= 4 is 29.9 Å². The van der Waals surface area contributed by atoms with Gasteiger partial charge in [-0.1, -0.05) is 6.92 Å². The van der Waals surface area contributed by atoms with Gasteiger partial charge in [-0.2, -0.15) is 0 Å². The van der Waals surface area contributed by atoms with Crippen molar-refractivity contribution in [2.75, 3.05) is 26.2 Å². The van der Waals surface area contributed by atoms with E-state index in [9.17, 15) is 0 Å². The number of nitrogens with two attached hydrogens (primary N) is 1. The summed E-state index contributed by atoms with van der Waals surface area (Å²) in [5.74, 6) is 1.47. The highest BCUT2D eigenvalue weighted by Gasteiger charge is 2.14. The molecule has 0 radical (unpaired) electrons. The highest BCUT2D eigenvalue weighted by molar-refractivity contribution is 14.0. The summed E-state index contributed by atoms with van der Waals surface area (Å²) in [7, 11) is 0. The van der Waals surface area contributed by atoms with E-state index in [4.69, 9.17) is 5.73 Å². The molecule has 0 unspecified atom stereocenters. The maximum Gasteiger partial charge on any atom is 0.188 e. The molecule has 0 spiro atoms. The van der Waals surface area contributed by atoms with Crippen LogP contribution < -0.4 is 11.1 Å². The van der Waals surface area contributed by atoms with Gasteiger partial charge in [0.1, 0.15) is 0 Å². The molecule has 0 aliphatic carbocycles. The number of piperidine rings is 1. The maximum absolute atomic E-state index is 5.82. The van der Waals surface area contributed by atoms with Crippen LogP contribution in [0.5, 0.6) is 0 Å². The van der Waals surface area contributed by atoms with E-state index in [-0.39, 0.29) is 29.5 Å². The summed E-state index contributed by atoms with van der Waals surface area (Å²) >= 11 is 0. The molecular formula is C14H31IN4. The quantitative estimate of drug-likeness (QED) is 0.340. The second-order valence-electron chi connectivity index (χ2n) is 6.52. The molecule has 1 aliphatic rings. The monoisotopic (exact) mass is 382 g/mol. The molecule has 5 heteroatoms. The van der Waals surface area contributed by atoms with E-state index in [1.807, 2.05) is 0 Å². The van der Waals surface area contributed by atoms with Crippen LogP contribution in [-0.2, 0) is 0 Å².